The lowest BCUT2D eigenvalue weighted by molar-refractivity contribution is -0.121. The predicted molar refractivity (Wildman–Crippen MR) is 111 cm³/mol. The Morgan fingerprint density at radius 3 is 2.80 bits per heavy atom. The number of amides is 1. The first kappa shape index (κ1) is 19.7. The summed E-state index contributed by atoms with van der Waals surface area (Å²) in [5.74, 6) is 0.375. The van der Waals surface area contributed by atoms with Crippen LogP contribution in [-0.4, -0.2) is 27.7 Å². The number of nitrogens with one attached hydrogen (secondary N) is 1. The number of halogens is 1. The number of fused-ring (bicyclic) bond motifs is 1. The Morgan fingerprint density at radius 2 is 2.03 bits per heavy atom. The van der Waals surface area contributed by atoms with Gasteiger partial charge in [0.2, 0.25) is 5.91 Å². The lowest BCUT2D eigenvalue weighted by Gasteiger charge is -2.08. The summed E-state index contributed by atoms with van der Waals surface area (Å²) in [4.78, 5) is 29.4. The van der Waals surface area contributed by atoms with E-state index >= 15 is 0 Å². The number of hydrogen-bond donors (Lipinski definition) is 1. The first-order chi connectivity index (χ1) is 14.5. The van der Waals surface area contributed by atoms with Crippen molar-refractivity contribution in [2.24, 2.45) is 0 Å². The van der Waals surface area contributed by atoms with E-state index in [2.05, 4.69) is 15.5 Å². The second kappa shape index (κ2) is 8.38. The highest BCUT2D eigenvalue weighted by Crippen LogP contribution is 2.25. The summed E-state index contributed by atoms with van der Waals surface area (Å²) in [6.07, 6.45) is 1.27. The van der Waals surface area contributed by atoms with Gasteiger partial charge in [-0.2, -0.15) is 0 Å². The quantitative estimate of drug-likeness (QED) is 0.510. The molecule has 152 valence electrons. The van der Waals surface area contributed by atoms with E-state index in [9.17, 15) is 9.59 Å². The molecule has 0 atom stereocenters. The SMILES string of the molecule is COc1cccc(CNC(=O)Cn2cnc3onc(-c4ccc(Cl)cc4)c3c2=O)c1. The second-order valence-electron chi connectivity index (χ2n) is 6.52. The Morgan fingerprint density at radius 1 is 1.23 bits per heavy atom. The van der Waals surface area contributed by atoms with Crippen molar-refractivity contribution < 1.29 is 14.1 Å². The van der Waals surface area contributed by atoms with Crippen LogP contribution >= 0.6 is 11.6 Å². The number of nitrogens with zero attached hydrogens (tertiary/aromatic N) is 3. The Kier molecular flexibility index (Phi) is 5.49. The first-order valence-corrected chi connectivity index (χ1v) is 9.43. The number of hydrogen-bond acceptors (Lipinski definition) is 6. The lowest BCUT2D eigenvalue weighted by atomic mass is 10.1. The minimum Gasteiger partial charge on any atom is -0.497 e. The molecule has 2 aromatic heterocycles. The van der Waals surface area contributed by atoms with E-state index in [1.807, 2.05) is 24.3 Å². The molecule has 4 aromatic rings. The number of benzene rings is 2. The maximum atomic E-state index is 12.9. The number of methoxy groups -OCH3 is 1. The van der Waals surface area contributed by atoms with E-state index in [-0.39, 0.29) is 23.6 Å². The molecule has 0 saturated carbocycles. The maximum Gasteiger partial charge on any atom is 0.267 e. The number of carbonyl (C=O) groups is 1. The van der Waals surface area contributed by atoms with E-state index in [1.54, 1.807) is 31.4 Å². The number of carbonyl (C=O) groups excluding carboxylic acids is 1. The van der Waals surface area contributed by atoms with Crippen LogP contribution in [0.5, 0.6) is 5.75 Å². The molecular formula is C21H17ClN4O4. The summed E-state index contributed by atoms with van der Waals surface area (Å²) in [6, 6.07) is 14.2. The van der Waals surface area contributed by atoms with Crippen molar-refractivity contribution >= 4 is 28.6 Å². The zero-order chi connectivity index (χ0) is 21.1. The molecule has 2 aromatic carbocycles. The monoisotopic (exact) mass is 424 g/mol. The Labute approximate surface area is 176 Å². The van der Waals surface area contributed by atoms with Crippen LogP contribution in [0.25, 0.3) is 22.4 Å². The fraction of sp³-hybridized carbons (Fsp3) is 0.143. The molecule has 0 saturated heterocycles. The Bertz CT molecular complexity index is 1260. The van der Waals surface area contributed by atoms with Crippen LogP contribution in [0.15, 0.2) is 64.2 Å². The molecule has 0 bridgehead atoms. The standard InChI is InChI=1S/C21H17ClN4O4/c1-29-16-4-2-3-13(9-16)10-23-17(27)11-26-12-24-20-18(21(26)28)19(25-30-20)14-5-7-15(22)8-6-14/h2-9,12H,10-11H2,1H3,(H,23,27). The van der Waals surface area contributed by atoms with Crippen LogP contribution in [0.1, 0.15) is 5.56 Å². The van der Waals surface area contributed by atoms with Crippen LogP contribution in [0.4, 0.5) is 0 Å². The molecule has 4 rings (SSSR count). The van der Waals surface area contributed by atoms with Crippen molar-refractivity contribution in [2.45, 2.75) is 13.1 Å². The molecule has 9 heteroatoms. The van der Waals surface area contributed by atoms with E-state index in [4.69, 9.17) is 20.9 Å². The number of aromatic nitrogens is 3. The largest absolute Gasteiger partial charge is 0.497 e. The highest BCUT2D eigenvalue weighted by Gasteiger charge is 2.18. The molecule has 8 nitrogen and oxygen atoms in total. The molecule has 1 amide bonds. The predicted octanol–water partition coefficient (Wildman–Crippen LogP) is 3.03. The molecule has 30 heavy (non-hydrogen) atoms. The first-order valence-electron chi connectivity index (χ1n) is 9.05. The van der Waals surface area contributed by atoms with E-state index in [1.165, 1.54) is 10.9 Å². The van der Waals surface area contributed by atoms with Gasteiger partial charge in [-0.15, -0.1) is 0 Å². The zero-order valence-electron chi connectivity index (χ0n) is 16.0. The average molecular weight is 425 g/mol. The van der Waals surface area contributed by atoms with Crippen LogP contribution in [0.3, 0.4) is 0 Å². The van der Waals surface area contributed by atoms with Crippen molar-refractivity contribution in [3.05, 3.63) is 75.8 Å². The summed E-state index contributed by atoms with van der Waals surface area (Å²) in [6.45, 7) is 0.126. The van der Waals surface area contributed by atoms with Crippen molar-refractivity contribution in [1.29, 1.82) is 0 Å². The van der Waals surface area contributed by atoms with Gasteiger partial charge in [-0.1, -0.05) is 41.0 Å². The van der Waals surface area contributed by atoms with Gasteiger partial charge in [-0.25, -0.2) is 4.98 Å². The number of rotatable bonds is 6. The van der Waals surface area contributed by atoms with E-state index in [0.717, 1.165) is 5.56 Å². The molecule has 1 N–H and O–H groups in total. The molecule has 0 radical (unpaired) electrons. The number of ether oxygens (including phenoxy) is 1. The molecule has 0 aliphatic rings. The van der Waals surface area contributed by atoms with Gasteiger partial charge in [-0.05, 0) is 29.8 Å². The Hall–Kier alpha value is -3.65. The topological polar surface area (TPSA) is 99.2 Å². The summed E-state index contributed by atoms with van der Waals surface area (Å²) in [5, 5.41) is 7.52. The molecular weight excluding hydrogens is 408 g/mol. The van der Waals surface area contributed by atoms with E-state index in [0.29, 0.717) is 28.6 Å². The van der Waals surface area contributed by atoms with Crippen molar-refractivity contribution in [3.63, 3.8) is 0 Å². The average Bonchev–Trinajstić information content (AvgIpc) is 3.20. The molecule has 0 unspecified atom stereocenters. The molecule has 0 aliphatic heterocycles. The highest BCUT2D eigenvalue weighted by molar-refractivity contribution is 6.30. The Balaban J connectivity index is 1.55. The van der Waals surface area contributed by atoms with Crippen molar-refractivity contribution in [3.8, 4) is 17.0 Å². The van der Waals surface area contributed by atoms with Gasteiger partial charge >= 0.3 is 0 Å². The van der Waals surface area contributed by atoms with Gasteiger partial charge in [0.15, 0.2) is 0 Å². The molecule has 0 fully saturated rings. The third-order valence-corrected chi connectivity index (χ3v) is 4.77. The van der Waals surface area contributed by atoms with Gasteiger partial charge in [0.05, 0.1) is 7.11 Å². The van der Waals surface area contributed by atoms with Gasteiger partial charge < -0.3 is 14.6 Å². The van der Waals surface area contributed by atoms with Gasteiger partial charge in [0.25, 0.3) is 11.3 Å². The summed E-state index contributed by atoms with van der Waals surface area (Å²) < 4.78 is 11.6. The normalized spacial score (nSPS) is 10.9. The summed E-state index contributed by atoms with van der Waals surface area (Å²) in [7, 11) is 1.58. The third kappa shape index (κ3) is 4.04. The zero-order valence-corrected chi connectivity index (χ0v) is 16.7. The van der Waals surface area contributed by atoms with Crippen molar-refractivity contribution in [2.75, 3.05) is 7.11 Å². The third-order valence-electron chi connectivity index (χ3n) is 4.52. The minimum atomic E-state index is -0.414. The van der Waals surface area contributed by atoms with Crippen LogP contribution in [-0.2, 0) is 17.9 Å². The molecule has 0 spiro atoms. The van der Waals surface area contributed by atoms with Gasteiger partial charge in [0, 0.05) is 17.1 Å². The van der Waals surface area contributed by atoms with Crippen LogP contribution in [0.2, 0.25) is 5.02 Å². The lowest BCUT2D eigenvalue weighted by Crippen LogP contribution is -2.32. The fourth-order valence-electron chi connectivity index (χ4n) is 2.99. The van der Waals surface area contributed by atoms with E-state index < -0.39 is 5.56 Å². The molecule has 2 heterocycles. The van der Waals surface area contributed by atoms with Crippen molar-refractivity contribution in [1.82, 2.24) is 20.0 Å². The molecule has 0 aliphatic carbocycles. The van der Waals surface area contributed by atoms with Gasteiger partial charge in [-0.3, -0.25) is 14.2 Å². The summed E-state index contributed by atoms with van der Waals surface area (Å²) >= 11 is 5.92. The van der Waals surface area contributed by atoms with Crippen LogP contribution in [0, 0.1) is 0 Å². The fourth-order valence-corrected chi connectivity index (χ4v) is 3.12. The smallest absolute Gasteiger partial charge is 0.267 e. The van der Waals surface area contributed by atoms with Gasteiger partial charge in [0.1, 0.15) is 29.7 Å². The maximum absolute atomic E-state index is 12.9. The minimum absolute atomic E-state index is 0.109. The second-order valence-corrected chi connectivity index (χ2v) is 6.96. The van der Waals surface area contributed by atoms with Crippen LogP contribution < -0.4 is 15.6 Å². The summed E-state index contributed by atoms with van der Waals surface area (Å²) in [5.41, 5.74) is 1.59. The highest BCUT2D eigenvalue weighted by atomic mass is 35.5.